The molecule has 0 atom stereocenters. The van der Waals surface area contributed by atoms with Crippen molar-refractivity contribution < 1.29 is 23.4 Å². The lowest BCUT2D eigenvalue weighted by Gasteiger charge is -2.13. The monoisotopic (exact) mass is 502 g/mol. The van der Waals surface area contributed by atoms with Crippen LogP contribution in [0.2, 0.25) is 0 Å². The Labute approximate surface area is 215 Å². The summed E-state index contributed by atoms with van der Waals surface area (Å²) in [6, 6.07) is 17.8. The molecule has 2 N–H and O–H groups in total. The molecular formula is C29H30N2O6. The van der Waals surface area contributed by atoms with Crippen LogP contribution in [-0.2, 0) is 0 Å². The van der Waals surface area contributed by atoms with Gasteiger partial charge in [0.25, 0.3) is 5.91 Å². The highest BCUT2D eigenvalue weighted by Crippen LogP contribution is 2.33. The summed E-state index contributed by atoms with van der Waals surface area (Å²) < 4.78 is 22.2. The third kappa shape index (κ3) is 5.76. The highest BCUT2D eigenvalue weighted by molar-refractivity contribution is 6.05. The Balaban J connectivity index is 1.60. The maximum absolute atomic E-state index is 13.1. The molecule has 0 radical (unpaired) electrons. The molecule has 192 valence electrons. The van der Waals surface area contributed by atoms with Crippen LogP contribution in [0.3, 0.4) is 0 Å². The Morgan fingerprint density at radius 1 is 0.973 bits per heavy atom. The maximum Gasteiger partial charge on any atom is 0.360 e. The van der Waals surface area contributed by atoms with Gasteiger partial charge >= 0.3 is 5.63 Å². The third-order valence-corrected chi connectivity index (χ3v) is 6.02. The largest absolute Gasteiger partial charge is 0.497 e. The van der Waals surface area contributed by atoms with Gasteiger partial charge in [-0.3, -0.25) is 4.79 Å². The zero-order valence-electron chi connectivity index (χ0n) is 21.3. The fourth-order valence-electron chi connectivity index (χ4n) is 4.04. The van der Waals surface area contributed by atoms with E-state index < -0.39 is 11.5 Å². The average molecular weight is 503 g/mol. The van der Waals surface area contributed by atoms with Gasteiger partial charge in [-0.05, 0) is 81.0 Å². The van der Waals surface area contributed by atoms with Crippen molar-refractivity contribution in [3.63, 3.8) is 0 Å². The van der Waals surface area contributed by atoms with Gasteiger partial charge in [-0.25, -0.2) is 4.79 Å². The van der Waals surface area contributed by atoms with E-state index in [9.17, 15) is 9.59 Å². The van der Waals surface area contributed by atoms with E-state index in [1.165, 1.54) is 0 Å². The number of benzene rings is 3. The standard InChI is InChI=1S/C29H30N2O6/c1-18-25(36-14-6-13-30-2)11-9-20-17-24(29(33)37-27(18)20)31-28(32)21-10-12-26(35-4)23(16-21)19-7-5-8-22(15-19)34-3/h5,7-12,15-17,30H,6,13-14H2,1-4H3,(H,31,32). The van der Waals surface area contributed by atoms with Crippen LogP contribution in [0.15, 0.2) is 69.9 Å². The normalized spacial score (nSPS) is 10.8. The van der Waals surface area contributed by atoms with Gasteiger partial charge in [0.2, 0.25) is 0 Å². The molecule has 0 aliphatic rings. The molecule has 0 bridgehead atoms. The molecule has 8 nitrogen and oxygen atoms in total. The minimum atomic E-state index is -0.641. The number of ether oxygens (including phenoxy) is 3. The van der Waals surface area contributed by atoms with E-state index in [-0.39, 0.29) is 5.69 Å². The van der Waals surface area contributed by atoms with E-state index in [0.29, 0.717) is 40.4 Å². The van der Waals surface area contributed by atoms with Crippen molar-refractivity contribution in [2.75, 3.05) is 39.7 Å². The fourth-order valence-corrected chi connectivity index (χ4v) is 4.04. The Kier molecular flexibility index (Phi) is 8.10. The molecule has 4 rings (SSSR count). The number of methoxy groups -OCH3 is 2. The van der Waals surface area contributed by atoms with Gasteiger partial charge in [0.05, 0.1) is 20.8 Å². The first-order valence-corrected chi connectivity index (χ1v) is 11.9. The van der Waals surface area contributed by atoms with Crippen molar-refractivity contribution in [1.29, 1.82) is 0 Å². The van der Waals surface area contributed by atoms with E-state index in [0.717, 1.165) is 29.7 Å². The highest BCUT2D eigenvalue weighted by atomic mass is 16.5. The van der Waals surface area contributed by atoms with Crippen molar-refractivity contribution in [3.8, 4) is 28.4 Å². The van der Waals surface area contributed by atoms with Gasteiger partial charge in [-0.1, -0.05) is 12.1 Å². The first kappa shape index (κ1) is 25.8. The molecule has 0 saturated carbocycles. The predicted molar refractivity (Wildman–Crippen MR) is 144 cm³/mol. The van der Waals surface area contributed by atoms with Gasteiger partial charge in [0.15, 0.2) is 0 Å². The van der Waals surface area contributed by atoms with E-state index >= 15 is 0 Å². The Bertz CT molecular complexity index is 1480. The maximum atomic E-state index is 13.1. The van der Waals surface area contributed by atoms with Crippen LogP contribution in [0.25, 0.3) is 22.1 Å². The van der Waals surface area contributed by atoms with E-state index in [2.05, 4.69) is 10.6 Å². The smallest absolute Gasteiger partial charge is 0.360 e. The van der Waals surface area contributed by atoms with Gasteiger partial charge in [-0.15, -0.1) is 0 Å². The lowest BCUT2D eigenvalue weighted by atomic mass is 10.0. The molecule has 8 heteroatoms. The summed E-state index contributed by atoms with van der Waals surface area (Å²) in [7, 11) is 5.05. The van der Waals surface area contributed by atoms with Crippen LogP contribution in [-0.4, -0.2) is 40.3 Å². The van der Waals surface area contributed by atoms with Crippen molar-refractivity contribution >= 4 is 22.6 Å². The number of aryl methyl sites for hydroxylation is 1. The minimum Gasteiger partial charge on any atom is -0.497 e. The molecule has 0 spiro atoms. The van der Waals surface area contributed by atoms with Crippen LogP contribution in [0.5, 0.6) is 17.2 Å². The first-order valence-electron chi connectivity index (χ1n) is 11.9. The van der Waals surface area contributed by atoms with Crippen molar-refractivity contribution in [2.24, 2.45) is 0 Å². The number of anilines is 1. The average Bonchev–Trinajstić information content (AvgIpc) is 2.92. The summed E-state index contributed by atoms with van der Waals surface area (Å²) in [6.07, 6.45) is 0.855. The van der Waals surface area contributed by atoms with Crippen LogP contribution >= 0.6 is 0 Å². The topological polar surface area (TPSA) is 99.0 Å². The Hall–Kier alpha value is -4.30. The lowest BCUT2D eigenvalue weighted by molar-refractivity contribution is 0.102. The molecule has 0 aliphatic carbocycles. The van der Waals surface area contributed by atoms with Crippen LogP contribution in [0.4, 0.5) is 5.69 Å². The summed E-state index contributed by atoms with van der Waals surface area (Å²) in [5, 5.41) is 6.45. The lowest BCUT2D eigenvalue weighted by Crippen LogP contribution is -2.18. The summed E-state index contributed by atoms with van der Waals surface area (Å²) in [5.41, 5.74) is 2.48. The van der Waals surface area contributed by atoms with Gasteiger partial charge < -0.3 is 29.3 Å². The number of hydrogen-bond acceptors (Lipinski definition) is 7. The number of rotatable bonds is 10. The summed E-state index contributed by atoms with van der Waals surface area (Å²) in [6.45, 7) is 3.24. The summed E-state index contributed by atoms with van der Waals surface area (Å²) >= 11 is 0. The number of carbonyl (C=O) groups is 1. The number of hydrogen-bond donors (Lipinski definition) is 2. The minimum absolute atomic E-state index is 0.0540. The highest BCUT2D eigenvalue weighted by Gasteiger charge is 2.16. The number of amides is 1. The van der Waals surface area contributed by atoms with Crippen molar-refractivity contribution in [2.45, 2.75) is 13.3 Å². The molecule has 0 fully saturated rings. The van der Waals surface area contributed by atoms with Crippen LogP contribution in [0, 0.1) is 6.92 Å². The molecule has 3 aromatic carbocycles. The second-order valence-corrected chi connectivity index (χ2v) is 8.46. The molecule has 0 saturated heterocycles. The molecule has 1 amide bonds. The van der Waals surface area contributed by atoms with Crippen LogP contribution in [0.1, 0.15) is 22.3 Å². The van der Waals surface area contributed by atoms with Crippen LogP contribution < -0.4 is 30.5 Å². The summed E-state index contributed by atoms with van der Waals surface area (Å²) in [5.74, 6) is 1.51. The first-order chi connectivity index (χ1) is 17.9. The van der Waals surface area contributed by atoms with E-state index in [1.807, 2.05) is 50.4 Å². The zero-order valence-corrected chi connectivity index (χ0v) is 21.3. The summed E-state index contributed by atoms with van der Waals surface area (Å²) in [4.78, 5) is 25.9. The second-order valence-electron chi connectivity index (χ2n) is 8.46. The van der Waals surface area contributed by atoms with E-state index in [4.69, 9.17) is 18.6 Å². The molecule has 4 aromatic rings. The molecule has 1 heterocycles. The molecule has 0 aliphatic heterocycles. The molecular weight excluding hydrogens is 472 g/mol. The quantitative estimate of drug-likeness (QED) is 0.232. The number of nitrogens with one attached hydrogen (secondary N) is 2. The molecule has 0 unspecified atom stereocenters. The SMILES string of the molecule is CNCCCOc1ccc2cc(NC(=O)c3ccc(OC)c(-c4cccc(OC)c4)c3)c(=O)oc2c1C. The third-order valence-electron chi connectivity index (χ3n) is 6.02. The van der Waals surface area contributed by atoms with E-state index in [1.54, 1.807) is 38.5 Å². The van der Waals surface area contributed by atoms with Gasteiger partial charge in [-0.2, -0.15) is 0 Å². The van der Waals surface area contributed by atoms with Gasteiger partial charge in [0, 0.05) is 22.1 Å². The number of fused-ring (bicyclic) bond motifs is 1. The molecule has 1 aromatic heterocycles. The van der Waals surface area contributed by atoms with Gasteiger partial charge in [0.1, 0.15) is 28.5 Å². The predicted octanol–water partition coefficient (Wildman–Crippen LogP) is 5.03. The zero-order chi connectivity index (χ0) is 26.4. The Morgan fingerprint density at radius 3 is 2.54 bits per heavy atom. The second kappa shape index (κ2) is 11.6. The number of carbonyl (C=O) groups excluding carboxylic acids is 1. The van der Waals surface area contributed by atoms with Crippen molar-refractivity contribution in [3.05, 3.63) is 82.2 Å². The fraction of sp³-hybridized carbons (Fsp3) is 0.241. The molecule has 37 heavy (non-hydrogen) atoms. The van der Waals surface area contributed by atoms with Crippen molar-refractivity contribution in [1.82, 2.24) is 5.32 Å². The Morgan fingerprint density at radius 2 is 1.78 bits per heavy atom.